The van der Waals surface area contributed by atoms with Crippen LogP contribution < -0.4 is 5.32 Å². The first kappa shape index (κ1) is 14.8. The molecule has 0 aliphatic heterocycles. The van der Waals surface area contributed by atoms with E-state index < -0.39 is 0 Å². The second-order valence-electron chi connectivity index (χ2n) is 5.83. The second kappa shape index (κ2) is 6.32. The largest absolute Gasteiger partial charge is 0.380 e. The SMILES string of the molecule is COCc1cccc(C(=O)Nc2ccnn2C(C)C2CC2)c1. The highest BCUT2D eigenvalue weighted by atomic mass is 16.5. The summed E-state index contributed by atoms with van der Waals surface area (Å²) < 4.78 is 7.02. The van der Waals surface area contributed by atoms with Gasteiger partial charge in [0.05, 0.1) is 18.8 Å². The van der Waals surface area contributed by atoms with Crippen LogP contribution in [0.4, 0.5) is 5.82 Å². The van der Waals surface area contributed by atoms with Crippen LogP contribution in [-0.4, -0.2) is 22.8 Å². The molecule has 1 heterocycles. The number of hydrogen-bond donors (Lipinski definition) is 1. The van der Waals surface area contributed by atoms with Crippen LogP contribution in [0, 0.1) is 5.92 Å². The van der Waals surface area contributed by atoms with Gasteiger partial charge in [-0.2, -0.15) is 5.10 Å². The van der Waals surface area contributed by atoms with E-state index in [-0.39, 0.29) is 5.91 Å². The number of rotatable bonds is 6. The van der Waals surface area contributed by atoms with Crippen molar-refractivity contribution in [2.75, 3.05) is 12.4 Å². The van der Waals surface area contributed by atoms with E-state index in [1.54, 1.807) is 19.4 Å². The highest BCUT2D eigenvalue weighted by Crippen LogP contribution is 2.40. The van der Waals surface area contributed by atoms with E-state index in [1.807, 2.05) is 28.9 Å². The van der Waals surface area contributed by atoms with Gasteiger partial charge in [-0.1, -0.05) is 12.1 Å². The van der Waals surface area contributed by atoms with Gasteiger partial charge in [0.15, 0.2) is 0 Å². The first-order chi connectivity index (χ1) is 10.7. The van der Waals surface area contributed by atoms with Gasteiger partial charge in [-0.25, -0.2) is 4.68 Å². The Morgan fingerprint density at radius 2 is 2.27 bits per heavy atom. The normalized spacial score (nSPS) is 15.5. The molecule has 0 spiro atoms. The maximum absolute atomic E-state index is 12.4. The molecule has 1 fully saturated rings. The lowest BCUT2D eigenvalue weighted by atomic mass is 10.1. The van der Waals surface area contributed by atoms with E-state index in [9.17, 15) is 4.79 Å². The Morgan fingerprint density at radius 1 is 1.45 bits per heavy atom. The van der Waals surface area contributed by atoms with Gasteiger partial charge >= 0.3 is 0 Å². The van der Waals surface area contributed by atoms with Gasteiger partial charge in [-0.15, -0.1) is 0 Å². The Kier molecular flexibility index (Phi) is 4.24. The molecule has 2 aromatic rings. The number of methoxy groups -OCH3 is 1. The zero-order valence-electron chi connectivity index (χ0n) is 13.0. The fraction of sp³-hybridized carbons (Fsp3) is 0.412. The number of aromatic nitrogens is 2. The van der Waals surface area contributed by atoms with Gasteiger partial charge in [0, 0.05) is 18.7 Å². The Bertz CT molecular complexity index is 661. The molecule has 1 aliphatic carbocycles. The van der Waals surface area contributed by atoms with Crippen molar-refractivity contribution in [2.45, 2.75) is 32.4 Å². The Labute approximate surface area is 130 Å². The molecule has 1 N–H and O–H groups in total. The highest BCUT2D eigenvalue weighted by Gasteiger charge is 2.30. The topological polar surface area (TPSA) is 56.1 Å². The van der Waals surface area contributed by atoms with Crippen LogP contribution in [0.15, 0.2) is 36.5 Å². The zero-order chi connectivity index (χ0) is 15.5. The Morgan fingerprint density at radius 3 is 3.00 bits per heavy atom. The van der Waals surface area contributed by atoms with Gasteiger partial charge < -0.3 is 10.1 Å². The average Bonchev–Trinajstić information content (AvgIpc) is 3.27. The summed E-state index contributed by atoms with van der Waals surface area (Å²) in [6.07, 6.45) is 4.22. The molecule has 0 saturated heterocycles. The first-order valence-electron chi connectivity index (χ1n) is 7.62. The lowest BCUT2D eigenvalue weighted by Crippen LogP contribution is -2.18. The minimum absolute atomic E-state index is 0.122. The van der Waals surface area contributed by atoms with E-state index in [4.69, 9.17) is 4.74 Å². The number of ether oxygens (including phenoxy) is 1. The summed E-state index contributed by atoms with van der Waals surface area (Å²) >= 11 is 0. The van der Waals surface area contributed by atoms with Crippen LogP contribution in [0.3, 0.4) is 0 Å². The van der Waals surface area contributed by atoms with E-state index >= 15 is 0 Å². The van der Waals surface area contributed by atoms with Crippen LogP contribution in [0.2, 0.25) is 0 Å². The molecule has 1 aliphatic rings. The predicted molar refractivity (Wildman–Crippen MR) is 84.8 cm³/mol. The van der Waals surface area contributed by atoms with Gasteiger partial charge in [-0.05, 0) is 43.4 Å². The second-order valence-corrected chi connectivity index (χ2v) is 5.83. The third-order valence-electron chi connectivity index (χ3n) is 4.10. The van der Waals surface area contributed by atoms with Gasteiger partial charge in [0.2, 0.25) is 0 Å². The fourth-order valence-electron chi connectivity index (χ4n) is 2.67. The van der Waals surface area contributed by atoms with E-state index in [0.29, 0.717) is 24.1 Å². The third-order valence-corrected chi connectivity index (χ3v) is 4.10. The van der Waals surface area contributed by atoms with E-state index in [2.05, 4.69) is 17.3 Å². The molecular weight excluding hydrogens is 278 g/mol. The van der Waals surface area contributed by atoms with Crippen molar-refractivity contribution in [3.63, 3.8) is 0 Å². The smallest absolute Gasteiger partial charge is 0.256 e. The number of carbonyl (C=O) groups is 1. The van der Waals surface area contributed by atoms with Crippen LogP contribution in [0.1, 0.15) is 41.7 Å². The summed E-state index contributed by atoms with van der Waals surface area (Å²) in [5, 5.41) is 7.31. The van der Waals surface area contributed by atoms with Crippen LogP contribution in [0.25, 0.3) is 0 Å². The standard InChI is InChI=1S/C17H21N3O2/c1-12(14-6-7-14)20-16(8-9-18-20)19-17(21)15-5-3-4-13(10-15)11-22-2/h3-5,8-10,12,14H,6-7,11H2,1-2H3,(H,19,21). The van der Waals surface area contributed by atoms with Crippen LogP contribution >= 0.6 is 0 Å². The molecule has 0 radical (unpaired) electrons. The lowest BCUT2D eigenvalue weighted by Gasteiger charge is -2.15. The summed E-state index contributed by atoms with van der Waals surface area (Å²) in [6, 6.07) is 9.64. The van der Waals surface area contributed by atoms with Crippen molar-refractivity contribution >= 4 is 11.7 Å². The summed E-state index contributed by atoms with van der Waals surface area (Å²) in [5.74, 6) is 1.31. The van der Waals surface area contributed by atoms with Crippen molar-refractivity contribution in [1.82, 2.24) is 9.78 Å². The molecule has 116 valence electrons. The number of nitrogens with zero attached hydrogens (tertiary/aromatic N) is 2. The Balaban J connectivity index is 1.74. The Hall–Kier alpha value is -2.14. The van der Waals surface area contributed by atoms with Crippen molar-refractivity contribution in [3.8, 4) is 0 Å². The lowest BCUT2D eigenvalue weighted by molar-refractivity contribution is 0.102. The summed E-state index contributed by atoms with van der Waals surface area (Å²) in [4.78, 5) is 12.4. The predicted octanol–water partition coefficient (Wildman–Crippen LogP) is 3.25. The summed E-state index contributed by atoms with van der Waals surface area (Å²) in [5.41, 5.74) is 1.61. The fourth-order valence-corrected chi connectivity index (χ4v) is 2.67. The third kappa shape index (κ3) is 3.20. The van der Waals surface area contributed by atoms with E-state index in [0.717, 1.165) is 11.4 Å². The zero-order valence-corrected chi connectivity index (χ0v) is 13.0. The maximum Gasteiger partial charge on any atom is 0.256 e. The van der Waals surface area contributed by atoms with Crippen LogP contribution in [-0.2, 0) is 11.3 Å². The molecule has 0 bridgehead atoms. The van der Waals surface area contributed by atoms with Crippen molar-refractivity contribution in [1.29, 1.82) is 0 Å². The maximum atomic E-state index is 12.4. The van der Waals surface area contributed by atoms with Crippen LogP contribution in [0.5, 0.6) is 0 Å². The number of anilines is 1. The van der Waals surface area contributed by atoms with E-state index in [1.165, 1.54) is 12.8 Å². The first-order valence-corrected chi connectivity index (χ1v) is 7.62. The molecule has 5 nitrogen and oxygen atoms in total. The van der Waals surface area contributed by atoms with Gasteiger partial charge in [-0.3, -0.25) is 4.79 Å². The highest BCUT2D eigenvalue weighted by molar-refractivity contribution is 6.03. The molecule has 1 aromatic heterocycles. The molecule has 22 heavy (non-hydrogen) atoms. The minimum Gasteiger partial charge on any atom is -0.380 e. The summed E-state index contributed by atoms with van der Waals surface area (Å²) in [6.45, 7) is 2.65. The molecule has 1 amide bonds. The molecule has 5 heteroatoms. The number of amides is 1. The van der Waals surface area contributed by atoms with Crippen molar-refractivity contribution < 1.29 is 9.53 Å². The van der Waals surface area contributed by atoms with Gasteiger partial charge in [0.1, 0.15) is 5.82 Å². The number of carbonyl (C=O) groups excluding carboxylic acids is 1. The number of hydrogen-bond acceptors (Lipinski definition) is 3. The minimum atomic E-state index is -0.122. The number of benzene rings is 1. The molecule has 1 aromatic carbocycles. The molecule has 1 saturated carbocycles. The average molecular weight is 299 g/mol. The van der Waals surface area contributed by atoms with Gasteiger partial charge in [0.25, 0.3) is 5.91 Å². The molecular formula is C17H21N3O2. The molecule has 3 rings (SSSR count). The van der Waals surface area contributed by atoms with Crippen molar-refractivity contribution in [2.24, 2.45) is 5.92 Å². The molecule has 1 unspecified atom stereocenters. The monoisotopic (exact) mass is 299 g/mol. The van der Waals surface area contributed by atoms with Crippen molar-refractivity contribution in [3.05, 3.63) is 47.7 Å². The molecule has 1 atom stereocenters. The summed E-state index contributed by atoms with van der Waals surface area (Å²) in [7, 11) is 1.64. The number of nitrogens with one attached hydrogen (secondary N) is 1. The quantitative estimate of drug-likeness (QED) is 0.890.